The van der Waals surface area contributed by atoms with Crippen LogP contribution in [0, 0.1) is 0 Å². The van der Waals surface area contributed by atoms with Gasteiger partial charge < -0.3 is 9.87 Å². The molecule has 0 aromatic rings. The van der Waals surface area contributed by atoms with Crippen LogP contribution >= 0.6 is 0 Å². The summed E-state index contributed by atoms with van der Waals surface area (Å²) in [6.45, 7) is 0. The molecule has 1 atom stereocenters. The maximum absolute atomic E-state index is 13.3. The van der Waals surface area contributed by atoms with E-state index in [4.69, 9.17) is 0 Å². The molecule has 0 saturated carbocycles. The average Bonchev–Trinajstić information content (AvgIpc) is 2.48. The van der Waals surface area contributed by atoms with Gasteiger partial charge in [-0.15, -0.1) is 0 Å². The summed E-state index contributed by atoms with van der Waals surface area (Å²) in [6, 6.07) is 0. The van der Waals surface area contributed by atoms with E-state index >= 15 is 0 Å². The van der Waals surface area contributed by atoms with Crippen LogP contribution < -0.4 is 5.32 Å². The van der Waals surface area contributed by atoms with Crippen LogP contribution in [0.2, 0.25) is 0 Å². The van der Waals surface area contributed by atoms with E-state index in [9.17, 15) is 56.9 Å². The van der Waals surface area contributed by atoms with Gasteiger partial charge >= 0.3 is 23.3 Å². The Morgan fingerprint density at radius 2 is 1.25 bits per heavy atom. The van der Waals surface area contributed by atoms with Crippen molar-refractivity contribution in [3.8, 4) is 0 Å². The van der Waals surface area contributed by atoms with Gasteiger partial charge in [0.1, 0.15) is 0 Å². The molecule has 0 saturated heterocycles. The molecule has 0 heterocycles. The largest absolute Gasteiger partial charge is 0.743 e. The van der Waals surface area contributed by atoms with Gasteiger partial charge in [0, 0.05) is 6.42 Å². The van der Waals surface area contributed by atoms with Crippen molar-refractivity contribution in [1.82, 2.24) is 0 Å². The standard InChI is InChI=1S/C11H14F10O3S.C2H7N/c12-7(5-3-1-2-4-6-8(13,14)15)9(16,17)10(18,19)11(20,21)25(22,23)24;1-3-2/h7H,1-6H2,(H,22,23,24);3H,1-2H3. The maximum atomic E-state index is 13.3. The molecule has 0 aliphatic rings. The predicted octanol–water partition coefficient (Wildman–Crippen LogP) is 3.45. The lowest BCUT2D eigenvalue weighted by Gasteiger charge is -2.35. The van der Waals surface area contributed by atoms with Gasteiger partial charge in [-0.05, 0) is 12.8 Å². The molecule has 172 valence electrons. The van der Waals surface area contributed by atoms with E-state index in [1.807, 2.05) is 19.4 Å². The highest BCUT2D eigenvalue weighted by atomic mass is 32.2. The van der Waals surface area contributed by atoms with Crippen LogP contribution in [0.4, 0.5) is 43.9 Å². The van der Waals surface area contributed by atoms with Crippen LogP contribution in [-0.4, -0.2) is 56.5 Å². The molecule has 0 aliphatic heterocycles. The smallest absolute Gasteiger partial charge is 0.402 e. The number of hydrogen-bond donors (Lipinski definition) is 1. The van der Waals surface area contributed by atoms with Gasteiger partial charge in [0.05, 0.1) is 14.1 Å². The Kier molecular flexibility index (Phi) is 11.3. The lowest BCUT2D eigenvalue weighted by molar-refractivity contribution is -0.597. The first-order chi connectivity index (χ1) is 12.3. The summed E-state index contributed by atoms with van der Waals surface area (Å²) in [5.41, 5.74) is 0. The van der Waals surface area contributed by atoms with Gasteiger partial charge in [0.25, 0.3) is 0 Å². The zero-order chi connectivity index (χ0) is 23.0. The summed E-state index contributed by atoms with van der Waals surface area (Å²) in [6.07, 6.45) is -12.6. The topological polar surface area (TPSA) is 73.8 Å². The Labute approximate surface area is 155 Å². The van der Waals surface area contributed by atoms with Crippen molar-refractivity contribution in [3.05, 3.63) is 0 Å². The van der Waals surface area contributed by atoms with E-state index in [0.717, 1.165) is 0 Å². The summed E-state index contributed by atoms with van der Waals surface area (Å²) in [7, 11) is -3.21. The summed E-state index contributed by atoms with van der Waals surface area (Å²) >= 11 is 0. The number of quaternary nitrogens is 1. The van der Waals surface area contributed by atoms with Crippen molar-refractivity contribution in [1.29, 1.82) is 0 Å². The number of hydrogen-bond acceptors (Lipinski definition) is 3. The van der Waals surface area contributed by atoms with Crippen LogP contribution in [0.1, 0.15) is 38.5 Å². The fourth-order valence-corrected chi connectivity index (χ4v) is 2.18. The molecular formula is C13H21F10NO3S. The number of unbranched alkanes of at least 4 members (excludes halogenated alkanes) is 3. The summed E-state index contributed by atoms with van der Waals surface area (Å²) < 4.78 is 157. The molecule has 0 aliphatic carbocycles. The molecule has 0 amide bonds. The highest BCUT2D eigenvalue weighted by Crippen LogP contribution is 2.50. The molecule has 2 N–H and O–H groups in total. The molecular weight excluding hydrogens is 440 g/mol. The summed E-state index contributed by atoms with van der Waals surface area (Å²) in [4.78, 5) is 0. The van der Waals surface area contributed by atoms with Crippen LogP contribution in [0.5, 0.6) is 0 Å². The number of halogens is 10. The maximum Gasteiger partial charge on any atom is 0.402 e. The zero-order valence-corrected chi connectivity index (χ0v) is 15.6. The first kappa shape index (κ1) is 29.4. The van der Waals surface area contributed by atoms with Crippen molar-refractivity contribution in [2.45, 2.75) is 68.0 Å². The van der Waals surface area contributed by atoms with Crippen molar-refractivity contribution >= 4 is 10.1 Å². The third kappa shape index (κ3) is 8.27. The summed E-state index contributed by atoms with van der Waals surface area (Å²) in [5.74, 6) is -13.0. The van der Waals surface area contributed by atoms with Gasteiger partial charge in [-0.3, -0.25) is 0 Å². The predicted molar refractivity (Wildman–Crippen MR) is 77.0 cm³/mol. The Morgan fingerprint density at radius 3 is 1.61 bits per heavy atom. The van der Waals surface area contributed by atoms with Gasteiger partial charge in [-0.2, -0.15) is 39.5 Å². The molecule has 15 heteroatoms. The molecule has 0 spiro atoms. The van der Waals surface area contributed by atoms with Gasteiger partial charge in [0.15, 0.2) is 16.3 Å². The molecule has 28 heavy (non-hydrogen) atoms. The fraction of sp³-hybridized carbons (Fsp3) is 1.00. The summed E-state index contributed by atoms with van der Waals surface area (Å²) in [5, 5.41) is -4.75. The van der Waals surface area contributed by atoms with E-state index in [-0.39, 0.29) is 12.8 Å². The minimum atomic E-state index is -7.21. The highest BCUT2D eigenvalue weighted by Gasteiger charge is 2.77. The van der Waals surface area contributed by atoms with Crippen LogP contribution in [0.3, 0.4) is 0 Å². The Balaban J connectivity index is 0. The second-order valence-electron chi connectivity index (χ2n) is 5.78. The quantitative estimate of drug-likeness (QED) is 0.308. The Bertz CT molecular complexity index is 551. The van der Waals surface area contributed by atoms with E-state index in [1.54, 1.807) is 0 Å². The number of alkyl halides is 10. The van der Waals surface area contributed by atoms with Crippen molar-refractivity contribution in [2.24, 2.45) is 0 Å². The third-order valence-corrected chi connectivity index (χ3v) is 4.04. The molecule has 0 fully saturated rings. The van der Waals surface area contributed by atoms with Crippen molar-refractivity contribution in [3.63, 3.8) is 0 Å². The van der Waals surface area contributed by atoms with Gasteiger partial charge in [0.2, 0.25) is 0 Å². The number of rotatable bonds is 10. The zero-order valence-electron chi connectivity index (χ0n) is 14.8. The van der Waals surface area contributed by atoms with Crippen LogP contribution in [0.25, 0.3) is 0 Å². The molecule has 4 nitrogen and oxygen atoms in total. The molecule has 0 radical (unpaired) electrons. The lowest BCUT2D eigenvalue weighted by atomic mass is 10.0. The second-order valence-corrected chi connectivity index (χ2v) is 7.20. The van der Waals surface area contributed by atoms with E-state index in [1.165, 1.54) is 0 Å². The minimum Gasteiger partial charge on any atom is -0.743 e. The van der Waals surface area contributed by atoms with E-state index in [0.29, 0.717) is 0 Å². The van der Waals surface area contributed by atoms with E-state index < -0.39 is 65.2 Å². The SMILES string of the molecule is C[NH2+]C.O=S(=O)([O-])C(F)(F)C(F)(F)C(F)(F)C(F)CCCCCCC(F)(F)F. The second kappa shape index (κ2) is 10.8. The third-order valence-electron chi connectivity index (χ3n) is 3.16. The monoisotopic (exact) mass is 461 g/mol. The Morgan fingerprint density at radius 1 is 0.857 bits per heavy atom. The van der Waals surface area contributed by atoms with E-state index in [2.05, 4.69) is 0 Å². The molecule has 0 bridgehead atoms. The molecule has 0 rings (SSSR count). The normalized spacial score (nSPS) is 15.0. The molecule has 0 aromatic carbocycles. The molecule has 0 aromatic heterocycles. The highest BCUT2D eigenvalue weighted by molar-refractivity contribution is 7.86. The van der Waals surface area contributed by atoms with Gasteiger partial charge in [-0.1, -0.05) is 19.3 Å². The number of nitrogens with two attached hydrogens (primary N) is 1. The first-order valence-corrected chi connectivity index (χ1v) is 9.24. The van der Waals surface area contributed by atoms with Crippen LogP contribution in [-0.2, 0) is 10.1 Å². The average molecular weight is 461 g/mol. The van der Waals surface area contributed by atoms with Crippen molar-refractivity contribution < 1.29 is 62.2 Å². The first-order valence-electron chi connectivity index (χ1n) is 7.83. The minimum absolute atomic E-state index is 0.209. The lowest BCUT2D eigenvalue weighted by Crippen LogP contribution is -2.74. The fourth-order valence-electron chi connectivity index (χ4n) is 1.73. The van der Waals surface area contributed by atoms with Crippen molar-refractivity contribution in [2.75, 3.05) is 14.1 Å². The Hall–Kier alpha value is -0.830. The van der Waals surface area contributed by atoms with Crippen LogP contribution in [0.15, 0.2) is 0 Å². The van der Waals surface area contributed by atoms with Gasteiger partial charge in [-0.25, -0.2) is 12.8 Å². The molecule has 1 unspecified atom stereocenters.